The third-order valence-electron chi connectivity index (χ3n) is 6.22. The molecular weight excluding hydrogens is 464 g/mol. The van der Waals surface area contributed by atoms with E-state index in [4.69, 9.17) is 9.47 Å². The zero-order valence-electron chi connectivity index (χ0n) is 19.9. The molecule has 4 rings (SSSR count). The second-order valence-corrected chi connectivity index (χ2v) is 10.4. The molecule has 0 spiro atoms. The van der Waals surface area contributed by atoms with Gasteiger partial charge in [-0.05, 0) is 48.1 Å². The average Bonchev–Trinajstić information content (AvgIpc) is 2.88. The number of benzene rings is 3. The summed E-state index contributed by atoms with van der Waals surface area (Å²) in [5.41, 5.74) is 3.11. The zero-order chi connectivity index (χ0) is 24.8. The Morgan fingerprint density at radius 3 is 2.43 bits per heavy atom. The van der Waals surface area contributed by atoms with Crippen molar-refractivity contribution in [3.8, 4) is 11.5 Å². The van der Waals surface area contributed by atoms with E-state index in [2.05, 4.69) is 11.4 Å². The first-order chi connectivity index (χ1) is 16.9. The molecule has 0 aromatic heterocycles. The first kappa shape index (κ1) is 24.8. The number of amides is 1. The van der Waals surface area contributed by atoms with Gasteiger partial charge in [-0.1, -0.05) is 54.6 Å². The van der Waals surface area contributed by atoms with Crippen LogP contribution < -0.4 is 14.8 Å². The van der Waals surface area contributed by atoms with Gasteiger partial charge in [0.05, 0.1) is 31.7 Å². The van der Waals surface area contributed by atoms with Crippen LogP contribution in [0.15, 0.2) is 77.7 Å². The van der Waals surface area contributed by atoms with Gasteiger partial charge in [0.2, 0.25) is 15.9 Å². The number of nitrogens with one attached hydrogen (secondary N) is 1. The van der Waals surface area contributed by atoms with Gasteiger partial charge >= 0.3 is 0 Å². The van der Waals surface area contributed by atoms with Crippen LogP contribution in [-0.4, -0.2) is 39.4 Å². The van der Waals surface area contributed by atoms with Gasteiger partial charge in [-0.25, -0.2) is 8.42 Å². The molecule has 0 aliphatic heterocycles. The highest BCUT2D eigenvalue weighted by molar-refractivity contribution is 7.89. The third-order valence-corrected chi connectivity index (χ3v) is 8.01. The first-order valence-electron chi connectivity index (χ1n) is 11.6. The van der Waals surface area contributed by atoms with Crippen LogP contribution in [0.4, 0.5) is 0 Å². The molecule has 1 aliphatic carbocycles. The summed E-state index contributed by atoms with van der Waals surface area (Å²) in [5.74, 6) is 0.387. The van der Waals surface area contributed by atoms with E-state index in [1.165, 1.54) is 36.2 Å². The lowest BCUT2D eigenvalue weighted by Gasteiger charge is -2.28. The number of sulfonamides is 1. The normalized spacial score (nSPS) is 15.3. The summed E-state index contributed by atoms with van der Waals surface area (Å²) < 4.78 is 39.1. The van der Waals surface area contributed by atoms with Gasteiger partial charge in [0.15, 0.2) is 11.5 Å². The molecule has 8 heteroatoms. The van der Waals surface area contributed by atoms with Crippen molar-refractivity contribution >= 4 is 15.9 Å². The van der Waals surface area contributed by atoms with Crippen molar-refractivity contribution in [3.63, 3.8) is 0 Å². The van der Waals surface area contributed by atoms with Crippen LogP contribution in [0.3, 0.4) is 0 Å². The van der Waals surface area contributed by atoms with Crippen molar-refractivity contribution in [1.82, 2.24) is 9.62 Å². The number of rotatable bonds is 9. The van der Waals surface area contributed by atoms with Gasteiger partial charge in [0.25, 0.3) is 0 Å². The van der Waals surface area contributed by atoms with E-state index < -0.39 is 10.0 Å². The zero-order valence-corrected chi connectivity index (χ0v) is 20.8. The van der Waals surface area contributed by atoms with Gasteiger partial charge in [0, 0.05) is 12.6 Å². The Morgan fingerprint density at radius 2 is 1.69 bits per heavy atom. The van der Waals surface area contributed by atoms with Crippen molar-refractivity contribution in [2.24, 2.45) is 0 Å². The molecule has 1 N–H and O–H groups in total. The number of methoxy groups -OCH3 is 2. The molecule has 0 bridgehead atoms. The Balaban J connectivity index is 1.60. The average molecular weight is 495 g/mol. The molecular formula is C27H30N2O5S. The lowest BCUT2D eigenvalue weighted by atomic mass is 9.88. The van der Waals surface area contributed by atoms with E-state index in [0.717, 1.165) is 30.4 Å². The Labute approximate surface area is 206 Å². The molecule has 0 saturated carbocycles. The number of aryl methyl sites for hydroxylation is 1. The minimum Gasteiger partial charge on any atom is -0.493 e. The molecule has 35 heavy (non-hydrogen) atoms. The molecule has 3 aromatic carbocycles. The van der Waals surface area contributed by atoms with Gasteiger partial charge in [-0.15, -0.1) is 0 Å². The molecule has 1 aliphatic rings. The summed E-state index contributed by atoms with van der Waals surface area (Å²) in [4.78, 5) is 13.2. The predicted molar refractivity (Wildman–Crippen MR) is 134 cm³/mol. The summed E-state index contributed by atoms with van der Waals surface area (Å²) in [6.45, 7) is -0.240. The second kappa shape index (κ2) is 10.9. The van der Waals surface area contributed by atoms with Crippen LogP contribution in [0.5, 0.6) is 11.5 Å². The summed E-state index contributed by atoms with van der Waals surface area (Å²) in [6, 6.07) is 21.6. The minimum absolute atomic E-state index is 0.0295. The Bertz CT molecular complexity index is 1280. The van der Waals surface area contributed by atoms with Gasteiger partial charge in [-0.2, -0.15) is 4.31 Å². The van der Waals surface area contributed by atoms with E-state index in [-0.39, 0.29) is 29.9 Å². The number of hydrogen-bond donors (Lipinski definition) is 1. The number of nitrogens with zero attached hydrogens (tertiary/aromatic N) is 1. The Morgan fingerprint density at radius 1 is 0.971 bits per heavy atom. The van der Waals surface area contributed by atoms with Crippen LogP contribution in [0.2, 0.25) is 0 Å². The van der Waals surface area contributed by atoms with E-state index >= 15 is 0 Å². The van der Waals surface area contributed by atoms with Gasteiger partial charge in [-0.3, -0.25) is 4.79 Å². The first-order valence-corrected chi connectivity index (χ1v) is 13.0. The summed E-state index contributed by atoms with van der Waals surface area (Å²) in [6.07, 6.45) is 2.78. The van der Waals surface area contributed by atoms with Crippen molar-refractivity contribution < 1.29 is 22.7 Å². The molecule has 1 amide bonds. The molecule has 1 atom stereocenters. The number of fused-ring (bicyclic) bond motifs is 1. The molecule has 0 saturated heterocycles. The minimum atomic E-state index is -4.02. The quantitative estimate of drug-likeness (QED) is 0.484. The lowest BCUT2D eigenvalue weighted by molar-refractivity contribution is -0.122. The molecule has 0 heterocycles. The monoisotopic (exact) mass is 494 g/mol. The van der Waals surface area contributed by atoms with Crippen LogP contribution in [0.25, 0.3) is 0 Å². The molecule has 7 nitrogen and oxygen atoms in total. The van der Waals surface area contributed by atoms with E-state index in [9.17, 15) is 13.2 Å². The van der Waals surface area contributed by atoms with Crippen LogP contribution in [0.1, 0.15) is 35.6 Å². The number of ether oxygens (including phenoxy) is 2. The van der Waals surface area contributed by atoms with E-state index in [1.807, 2.05) is 48.5 Å². The maximum atomic E-state index is 13.7. The number of carbonyl (C=O) groups excluding carboxylic acids is 1. The highest BCUT2D eigenvalue weighted by atomic mass is 32.2. The van der Waals surface area contributed by atoms with Gasteiger partial charge < -0.3 is 14.8 Å². The highest BCUT2D eigenvalue weighted by Gasteiger charge is 2.29. The Hall–Kier alpha value is -3.36. The standard InChI is InChI=1S/C27H30N2O5S/c1-33-25-16-15-22(17-26(25)34-2)35(31,32)29(18-20-9-4-3-5-10-20)19-27(30)28-24-14-8-12-21-11-6-7-13-23(21)24/h3-7,9-11,13,15-17,24H,8,12,14,18-19H2,1-2H3,(H,28,30)/t24-/m0/s1. The van der Waals surface area contributed by atoms with Crippen molar-refractivity contribution in [2.45, 2.75) is 36.7 Å². The maximum absolute atomic E-state index is 13.7. The van der Waals surface area contributed by atoms with Crippen LogP contribution in [-0.2, 0) is 27.8 Å². The van der Waals surface area contributed by atoms with Crippen molar-refractivity contribution in [3.05, 3.63) is 89.5 Å². The molecule has 0 unspecified atom stereocenters. The topological polar surface area (TPSA) is 84.9 Å². The van der Waals surface area contributed by atoms with Crippen molar-refractivity contribution in [2.75, 3.05) is 20.8 Å². The SMILES string of the molecule is COc1ccc(S(=O)(=O)N(CC(=O)N[C@H]2CCCc3ccccc32)Cc2ccccc2)cc1OC. The molecule has 0 radical (unpaired) electrons. The van der Waals surface area contributed by atoms with E-state index in [0.29, 0.717) is 11.5 Å². The lowest BCUT2D eigenvalue weighted by Crippen LogP contribution is -2.42. The van der Waals surface area contributed by atoms with Crippen LogP contribution >= 0.6 is 0 Å². The molecule has 0 fully saturated rings. The van der Waals surface area contributed by atoms with Gasteiger partial charge in [0.1, 0.15) is 0 Å². The second-order valence-electron chi connectivity index (χ2n) is 8.49. The summed E-state index contributed by atoms with van der Waals surface area (Å²) in [7, 11) is -1.08. The fourth-order valence-corrected chi connectivity index (χ4v) is 5.84. The predicted octanol–water partition coefficient (Wildman–Crippen LogP) is 4.09. The number of carbonyl (C=O) groups is 1. The third kappa shape index (κ3) is 5.66. The van der Waals surface area contributed by atoms with E-state index in [1.54, 1.807) is 6.07 Å². The number of hydrogen-bond acceptors (Lipinski definition) is 5. The van der Waals surface area contributed by atoms with Crippen LogP contribution in [0, 0.1) is 0 Å². The molecule has 184 valence electrons. The molecule has 3 aromatic rings. The maximum Gasteiger partial charge on any atom is 0.243 e. The summed E-state index contributed by atoms with van der Waals surface area (Å²) >= 11 is 0. The highest BCUT2D eigenvalue weighted by Crippen LogP contribution is 2.32. The Kier molecular flexibility index (Phi) is 7.73. The fourth-order valence-electron chi connectivity index (χ4n) is 4.44. The smallest absolute Gasteiger partial charge is 0.243 e. The fraction of sp³-hybridized carbons (Fsp3) is 0.296. The van der Waals surface area contributed by atoms with Crippen molar-refractivity contribution in [1.29, 1.82) is 0 Å². The summed E-state index contributed by atoms with van der Waals surface area (Å²) in [5, 5.41) is 3.07. The largest absolute Gasteiger partial charge is 0.493 e.